The number of piperidine rings is 1. The largest absolute Gasteiger partial charge is 0.497 e. The molecular weight excluding hydrogens is 445 g/mol. The minimum Gasteiger partial charge on any atom is -0.497 e. The van der Waals surface area contributed by atoms with E-state index in [9.17, 15) is 14.3 Å². The van der Waals surface area contributed by atoms with Crippen molar-refractivity contribution in [2.45, 2.75) is 61.0 Å². The molecule has 0 bridgehead atoms. The molecular formula is C29H42FNO4. The van der Waals surface area contributed by atoms with Crippen LogP contribution >= 0.6 is 0 Å². The predicted octanol–water partition coefficient (Wildman–Crippen LogP) is 7.16. The average Bonchev–Trinajstić information content (AvgIpc) is 2.98. The van der Waals surface area contributed by atoms with Crippen LogP contribution in [0, 0.1) is 5.41 Å². The van der Waals surface area contributed by atoms with Gasteiger partial charge in [-0.1, -0.05) is 25.5 Å². The minimum absolute atomic E-state index is 0.270. The molecule has 0 radical (unpaired) electrons. The lowest BCUT2D eigenvalue weighted by atomic mass is 9.85. The SMILES string of the molecule is C=C.CC.COc1ccc2c(c1)COC(C)=C(/C=C(\C)F)C2=C1CCN(CC(C)(C)C(=O)O)CC1. The normalized spacial score (nSPS) is 16.6. The molecule has 1 aromatic rings. The van der Waals surface area contributed by atoms with Crippen molar-refractivity contribution in [2.75, 3.05) is 26.7 Å². The maximum Gasteiger partial charge on any atom is 0.310 e. The Kier molecular flexibility index (Phi) is 12.0. The first-order valence-corrected chi connectivity index (χ1v) is 12.2. The second-order valence-corrected chi connectivity index (χ2v) is 8.96. The number of hydrogen-bond acceptors (Lipinski definition) is 4. The molecule has 0 saturated carbocycles. The number of aliphatic carboxylic acids is 1. The Balaban J connectivity index is 0.00000145. The van der Waals surface area contributed by atoms with Crippen LogP contribution in [0.5, 0.6) is 5.75 Å². The number of benzene rings is 1. The van der Waals surface area contributed by atoms with Crippen LogP contribution in [0.15, 0.2) is 60.2 Å². The summed E-state index contributed by atoms with van der Waals surface area (Å²) in [6.45, 7) is 19.3. The number of carbonyl (C=O) groups is 1. The predicted molar refractivity (Wildman–Crippen MR) is 142 cm³/mol. The Morgan fingerprint density at radius 2 is 1.86 bits per heavy atom. The Labute approximate surface area is 210 Å². The molecule has 1 fully saturated rings. The first-order valence-electron chi connectivity index (χ1n) is 12.2. The van der Waals surface area contributed by atoms with Crippen LogP contribution in [0.25, 0.3) is 5.57 Å². The number of methoxy groups -OCH3 is 1. The van der Waals surface area contributed by atoms with Crippen LogP contribution in [0.4, 0.5) is 4.39 Å². The summed E-state index contributed by atoms with van der Waals surface area (Å²) in [4.78, 5) is 13.7. The molecule has 194 valence electrons. The quantitative estimate of drug-likeness (QED) is 0.447. The first kappa shape index (κ1) is 30.2. The highest BCUT2D eigenvalue weighted by molar-refractivity contribution is 5.87. The van der Waals surface area contributed by atoms with Gasteiger partial charge >= 0.3 is 5.97 Å². The van der Waals surface area contributed by atoms with Gasteiger partial charge in [-0.15, -0.1) is 13.2 Å². The van der Waals surface area contributed by atoms with E-state index in [-0.39, 0.29) is 5.83 Å². The summed E-state index contributed by atoms with van der Waals surface area (Å²) in [7, 11) is 1.64. The molecule has 5 nitrogen and oxygen atoms in total. The lowest BCUT2D eigenvalue weighted by Gasteiger charge is -2.34. The van der Waals surface area contributed by atoms with Crippen molar-refractivity contribution in [1.29, 1.82) is 0 Å². The van der Waals surface area contributed by atoms with Crippen molar-refractivity contribution in [3.05, 3.63) is 71.3 Å². The number of fused-ring (bicyclic) bond motifs is 1. The number of ether oxygens (including phenoxy) is 2. The van der Waals surface area contributed by atoms with Gasteiger partial charge in [0, 0.05) is 30.8 Å². The maximum atomic E-state index is 14.0. The van der Waals surface area contributed by atoms with Crippen molar-refractivity contribution in [2.24, 2.45) is 5.41 Å². The van der Waals surface area contributed by atoms with Crippen LogP contribution in [0.3, 0.4) is 0 Å². The monoisotopic (exact) mass is 487 g/mol. The molecule has 35 heavy (non-hydrogen) atoms. The summed E-state index contributed by atoms with van der Waals surface area (Å²) in [5, 5.41) is 9.45. The van der Waals surface area contributed by atoms with Crippen LogP contribution in [-0.2, 0) is 16.1 Å². The van der Waals surface area contributed by atoms with Crippen LogP contribution in [0.2, 0.25) is 0 Å². The molecule has 0 amide bonds. The van der Waals surface area contributed by atoms with E-state index in [0.29, 0.717) is 18.9 Å². The van der Waals surface area contributed by atoms with E-state index in [1.165, 1.54) is 12.5 Å². The fourth-order valence-corrected chi connectivity index (χ4v) is 4.26. The minimum atomic E-state index is -0.792. The number of nitrogens with zero attached hydrogens (tertiary/aromatic N) is 1. The molecule has 0 unspecified atom stereocenters. The molecule has 0 atom stereocenters. The number of likely N-dealkylation sites (tertiary alicyclic amines) is 1. The fourth-order valence-electron chi connectivity index (χ4n) is 4.26. The third-order valence-corrected chi connectivity index (χ3v) is 6.03. The van der Waals surface area contributed by atoms with Crippen molar-refractivity contribution < 1.29 is 23.8 Å². The molecule has 6 heteroatoms. The van der Waals surface area contributed by atoms with Crippen molar-refractivity contribution in [1.82, 2.24) is 4.90 Å². The summed E-state index contributed by atoms with van der Waals surface area (Å²) in [6, 6.07) is 5.93. The molecule has 1 saturated heterocycles. The number of rotatable bonds is 5. The summed E-state index contributed by atoms with van der Waals surface area (Å²) in [6.07, 6.45) is 3.15. The molecule has 2 aliphatic rings. The number of carboxylic acids is 1. The summed E-state index contributed by atoms with van der Waals surface area (Å²) in [5.41, 5.74) is 4.31. The van der Waals surface area contributed by atoms with Gasteiger partial charge in [-0.25, -0.2) is 4.39 Å². The van der Waals surface area contributed by atoms with E-state index in [1.807, 2.05) is 39.0 Å². The van der Waals surface area contributed by atoms with Crippen molar-refractivity contribution in [3.8, 4) is 5.75 Å². The highest BCUT2D eigenvalue weighted by Crippen LogP contribution is 2.40. The summed E-state index contributed by atoms with van der Waals surface area (Å²) in [5.74, 6) is 0.401. The molecule has 0 spiro atoms. The molecule has 1 aromatic carbocycles. The van der Waals surface area contributed by atoms with Crippen molar-refractivity contribution in [3.63, 3.8) is 0 Å². The zero-order valence-electron chi connectivity index (χ0n) is 22.5. The Bertz CT molecular complexity index is 961. The highest BCUT2D eigenvalue weighted by Gasteiger charge is 2.32. The van der Waals surface area contributed by atoms with E-state index in [0.717, 1.165) is 54.0 Å². The number of allylic oxidation sites excluding steroid dienone is 5. The second-order valence-electron chi connectivity index (χ2n) is 8.96. The number of hydrogen-bond donors (Lipinski definition) is 1. The van der Waals surface area contributed by atoms with Gasteiger partial charge in [0.15, 0.2) is 0 Å². The molecule has 3 rings (SSSR count). The van der Waals surface area contributed by atoms with Gasteiger partial charge in [-0.3, -0.25) is 4.79 Å². The lowest BCUT2D eigenvalue weighted by Crippen LogP contribution is -2.42. The van der Waals surface area contributed by atoms with Gasteiger partial charge in [0.25, 0.3) is 0 Å². The standard InChI is InChI=1S/C25H32FNO4.C2H6.C2H4/c1-16(26)12-22-17(2)31-14-19-13-20(30-5)6-7-21(19)23(22)18-8-10-27(11-9-18)15-25(3,4)24(28)29;2*1-2/h6-7,12-13H,8-11,14-15H2,1-5H3,(H,28,29);1-2H3;1-2H2/b16-12+;;. The number of halogens is 1. The maximum absolute atomic E-state index is 14.0. The van der Waals surface area contributed by atoms with Gasteiger partial charge in [-0.05, 0) is 69.9 Å². The Morgan fingerprint density at radius 3 is 2.37 bits per heavy atom. The number of carboxylic acid groups (broad SMARTS) is 1. The molecule has 2 aliphatic heterocycles. The third-order valence-electron chi connectivity index (χ3n) is 6.03. The van der Waals surface area contributed by atoms with Gasteiger partial charge in [0.1, 0.15) is 18.1 Å². The smallest absolute Gasteiger partial charge is 0.310 e. The van der Waals surface area contributed by atoms with E-state index in [2.05, 4.69) is 18.1 Å². The lowest BCUT2D eigenvalue weighted by molar-refractivity contribution is -0.148. The van der Waals surface area contributed by atoms with Gasteiger partial charge < -0.3 is 19.5 Å². The topological polar surface area (TPSA) is 59.0 Å². The molecule has 1 N–H and O–H groups in total. The van der Waals surface area contributed by atoms with E-state index in [4.69, 9.17) is 9.47 Å². The summed E-state index contributed by atoms with van der Waals surface area (Å²) >= 11 is 0. The van der Waals surface area contributed by atoms with Crippen molar-refractivity contribution >= 4 is 11.5 Å². The third kappa shape index (κ3) is 7.82. The average molecular weight is 488 g/mol. The molecule has 2 heterocycles. The first-order chi connectivity index (χ1) is 16.6. The fraction of sp³-hybridized carbons (Fsp3) is 0.483. The van der Waals surface area contributed by atoms with E-state index >= 15 is 0 Å². The second kappa shape index (κ2) is 13.9. The van der Waals surface area contributed by atoms with Gasteiger partial charge in [0.2, 0.25) is 0 Å². The zero-order valence-corrected chi connectivity index (χ0v) is 22.5. The van der Waals surface area contributed by atoms with Gasteiger partial charge in [0.05, 0.1) is 18.4 Å². The van der Waals surface area contributed by atoms with Crippen LogP contribution in [0.1, 0.15) is 65.5 Å². The van der Waals surface area contributed by atoms with Gasteiger partial charge in [-0.2, -0.15) is 0 Å². The highest BCUT2D eigenvalue weighted by atomic mass is 19.1. The molecule has 0 aromatic heterocycles. The molecule has 0 aliphatic carbocycles. The van der Waals surface area contributed by atoms with E-state index in [1.54, 1.807) is 27.0 Å². The van der Waals surface area contributed by atoms with Crippen LogP contribution < -0.4 is 4.74 Å². The zero-order chi connectivity index (χ0) is 26.8. The Hall–Kier alpha value is -2.86. The summed E-state index contributed by atoms with van der Waals surface area (Å²) < 4.78 is 25.4. The van der Waals surface area contributed by atoms with E-state index < -0.39 is 11.4 Å². The van der Waals surface area contributed by atoms with Crippen LogP contribution in [-0.4, -0.2) is 42.7 Å². The Morgan fingerprint density at radius 1 is 1.26 bits per heavy atom.